The molecule has 372 valence electrons. The molecule has 11 N–H and O–H groups in total. The summed E-state index contributed by atoms with van der Waals surface area (Å²) in [4.78, 5) is 53.1. The number of carbonyl (C=O) groups is 4. The Morgan fingerprint density at radius 2 is 1.10 bits per heavy atom. The van der Waals surface area contributed by atoms with Crippen LogP contribution >= 0.6 is 0 Å². The van der Waals surface area contributed by atoms with Crippen molar-refractivity contribution in [1.82, 2.24) is 0 Å². The summed E-state index contributed by atoms with van der Waals surface area (Å²) in [5, 5.41) is 111. The molecule has 0 unspecified atom stereocenters. The van der Waals surface area contributed by atoms with Gasteiger partial charge in [-0.1, -0.05) is 12.1 Å². The van der Waals surface area contributed by atoms with Crippen LogP contribution in [-0.2, 0) is 73.0 Å². The summed E-state index contributed by atoms with van der Waals surface area (Å²) < 4.78 is 54.4. The Kier molecular flexibility index (Phi) is 19.0. The maximum atomic E-state index is 13.7. The fraction of sp³-hybridized carbons (Fsp3) is 0.571. The molecule has 4 aliphatic heterocycles. The van der Waals surface area contributed by atoms with Crippen LogP contribution in [0.5, 0.6) is 11.5 Å². The predicted molar refractivity (Wildman–Crippen MR) is 215 cm³/mol. The summed E-state index contributed by atoms with van der Waals surface area (Å²) in [6.07, 6.45) is -18.0. The van der Waals surface area contributed by atoms with Crippen molar-refractivity contribution < 1.29 is 123 Å². The molecule has 25 nitrogen and oxygen atoms in total. The Labute approximate surface area is 380 Å². The van der Waals surface area contributed by atoms with Gasteiger partial charge in [-0.05, 0) is 23.8 Å². The topological polar surface area (TPSA) is 383 Å². The minimum atomic E-state index is -1.94. The lowest BCUT2D eigenvalue weighted by Gasteiger charge is -2.42. The van der Waals surface area contributed by atoms with Crippen molar-refractivity contribution in [2.45, 2.75) is 93.3 Å². The minimum Gasteiger partial charge on any atom is -0.504 e. The highest BCUT2D eigenvalue weighted by atomic mass is 16.8. The summed E-state index contributed by atoms with van der Waals surface area (Å²) in [5.74, 6) is -7.36. The SMILES string of the molecule is COC(=O)C1=CO[C@@H](O[C@@H]2O[C@H](CO)[C@@H](O)[C@H](O)[C@H]2O)/C(=C\CO)[C@@H]1CC(=O)OC/C=C1/[C@H](O[C@@H]2O[C@H](CO)[C@@H](O)[C@H](O)[C@H]2O)OC=C(C(=O)OC)[C@H]1CC(=O)OCCc1ccc(O)c(O)c1. The number of ether oxygens (including phenoxy) is 10. The molecule has 0 amide bonds. The minimum absolute atomic E-state index is 0.0877. The molecule has 4 aliphatic rings. The third-order valence-electron chi connectivity index (χ3n) is 11.1. The van der Waals surface area contributed by atoms with E-state index >= 15 is 0 Å². The first-order valence-electron chi connectivity index (χ1n) is 20.6. The summed E-state index contributed by atoms with van der Waals surface area (Å²) in [7, 11) is 2.08. The highest BCUT2D eigenvalue weighted by Gasteiger charge is 2.49. The Morgan fingerprint density at radius 1 is 0.627 bits per heavy atom. The number of esters is 4. The number of phenols is 2. The van der Waals surface area contributed by atoms with Gasteiger partial charge in [-0.2, -0.15) is 0 Å². The number of benzene rings is 1. The van der Waals surface area contributed by atoms with Gasteiger partial charge in [-0.3, -0.25) is 9.59 Å². The van der Waals surface area contributed by atoms with Crippen LogP contribution in [0.3, 0.4) is 0 Å². The highest BCUT2D eigenvalue weighted by Crippen LogP contribution is 2.38. The van der Waals surface area contributed by atoms with Gasteiger partial charge in [-0.25, -0.2) is 9.59 Å². The van der Waals surface area contributed by atoms with E-state index in [1.54, 1.807) is 0 Å². The molecular formula is C42H54O25. The summed E-state index contributed by atoms with van der Waals surface area (Å²) >= 11 is 0. The van der Waals surface area contributed by atoms with E-state index in [0.717, 1.165) is 38.9 Å². The van der Waals surface area contributed by atoms with E-state index in [4.69, 9.17) is 47.4 Å². The first kappa shape index (κ1) is 52.7. The summed E-state index contributed by atoms with van der Waals surface area (Å²) in [5.41, 5.74) is -0.282. The van der Waals surface area contributed by atoms with E-state index < -0.39 is 155 Å². The number of hydrogen-bond acceptors (Lipinski definition) is 25. The number of carbonyl (C=O) groups excluding carboxylic acids is 4. The molecule has 0 saturated carbocycles. The van der Waals surface area contributed by atoms with Gasteiger partial charge < -0.3 is 104 Å². The van der Waals surface area contributed by atoms with E-state index in [1.165, 1.54) is 18.2 Å². The van der Waals surface area contributed by atoms with Gasteiger partial charge in [0.25, 0.3) is 0 Å². The van der Waals surface area contributed by atoms with Crippen LogP contribution in [0.2, 0.25) is 0 Å². The quantitative estimate of drug-likeness (QED) is 0.0289. The van der Waals surface area contributed by atoms with Gasteiger partial charge in [0.05, 0.1) is 77.2 Å². The molecule has 2 fully saturated rings. The second-order valence-corrected chi connectivity index (χ2v) is 15.3. The van der Waals surface area contributed by atoms with Crippen molar-refractivity contribution in [3.05, 3.63) is 70.7 Å². The average molecular weight is 959 g/mol. The Bertz CT molecular complexity index is 2010. The molecule has 0 spiro atoms. The van der Waals surface area contributed by atoms with Crippen molar-refractivity contribution in [1.29, 1.82) is 0 Å². The van der Waals surface area contributed by atoms with Crippen molar-refractivity contribution in [3.8, 4) is 11.5 Å². The monoisotopic (exact) mass is 958 g/mol. The second kappa shape index (κ2) is 24.2. The number of rotatable bonds is 18. The van der Waals surface area contributed by atoms with Crippen molar-refractivity contribution >= 4 is 23.9 Å². The maximum absolute atomic E-state index is 13.7. The van der Waals surface area contributed by atoms with Gasteiger partial charge >= 0.3 is 23.9 Å². The number of hydrogen-bond donors (Lipinski definition) is 11. The van der Waals surface area contributed by atoms with Gasteiger partial charge in [-0.15, -0.1) is 0 Å². The van der Waals surface area contributed by atoms with Gasteiger partial charge in [0.15, 0.2) is 24.1 Å². The molecule has 25 heteroatoms. The number of aliphatic hydroxyl groups is 9. The van der Waals surface area contributed by atoms with Crippen molar-refractivity contribution in [3.63, 3.8) is 0 Å². The van der Waals surface area contributed by atoms with E-state index in [1.807, 2.05) is 0 Å². The largest absolute Gasteiger partial charge is 0.504 e. The second-order valence-electron chi connectivity index (χ2n) is 15.3. The zero-order chi connectivity index (χ0) is 49.1. The van der Waals surface area contributed by atoms with Crippen molar-refractivity contribution in [2.75, 3.05) is 47.3 Å². The Balaban J connectivity index is 1.40. The predicted octanol–water partition coefficient (Wildman–Crippen LogP) is -3.96. The molecule has 4 heterocycles. The lowest BCUT2D eigenvalue weighted by atomic mass is 9.86. The molecular weight excluding hydrogens is 904 g/mol. The van der Waals surface area contributed by atoms with Gasteiger partial charge in [0, 0.05) is 29.4 Å². The molecule has 1 aromatic rings. The fourth-order valence-electron chi connectivity index (χ4n) is 7.45. The molecule has 0 bridgehead atoms. The molecule has 0 aliphatic carbocycles. The lowest BCUT2D eigenvalue weighted by Crippen LogP contribution is -2.60. The fourth-order valence-corrected chi connectivity index (χ4v) is 7.45. The number of aromatic hydroxyl groups is 2. The van der Waals surface area contributed by atoms with Crippen LogP contribution < -0.4 is 0 Å². The standard InChI is InChI=1S/C42H54O25/c1-58-37(56)23-16-62-39(66-41-35(54)33(52)31(50)27(14-44)64-41)19(5-8-43)21(23)12-30(49)61-10-7-20-22(13-29(48)60-9-6-18-3-4-25(46)26(47)11-18)24(38(57)59-2)17-63-40(20)67-42-36(55)34(53)32(51)28(15-45)65-42/h3-5,7,11,16-17,21-22,27-28,31-36,39-47,50-55H,6,8-10,12-15H2,1-2H3/b19-5-,20-7+/t21-,22-,27+,28+,31+,32+,33-,34-,35+,36+,39-,40-,41-,42-/m0/s1. The Hall–Kier alpha value is -5.26. The van der Waals surface area contributed by atoms with Crippen LogP contribution in [0.1, 0.15) is 18.4 Å². The third kappa shape index (κ3) is 12.6. The van der Waals surface area contributed by atoms with E-state index in [0.29, 0.717) is 5.56 Å². The van der Waals surface area contributed by atoms with Crippen molar-refractivity contribution in [2.24, 2.45) is 11.8 Å². The molecule has 5 rings (SSSR count). The zero-order valence-electron chi connectivity index (χ0n) is 35.9. The lowest BCUT2D eigenvalue weighted by molar-refractivity contribution is -0.328. The summed E-state index contributed by atoms with van der Waals surface area (Å²) in [6, 6.07) is 3.98. The van der Waals surface area contributed by atoms with Crippen LogP contribution in [0.25, 0.3) is 0 Å². The first-order valence-corrected chi connectivity index (χ1v) is 20.6. The van der Waals surface area contributed by atoms with E-state index in [9.17, 15) is 75.3 Å². The molecule has 0 radical (unpaired) electrons. The molecule has 0 aromatic heterocycles. The van der Waals surface area contributed by atoms with E-state index in [-0.39, 0.29) is 41.1 Å². The van der Waals surface area contributed by atoms with E-state index in [2.05, 4.69) is 0 Å². The molecule has 67 heavy (non-hydrogen) atoms. The number of phenolic OH excluding ortho intramolecular Hbond substituents is 2. The zero-order valence-corrected chi connectivity index (χ0v) is 35.9. The number of aliphatic hydroxyl groups excluding tert-OH is 9. The van der Waals surface area contributed by atoms with Crippen LogP contribution in [0, 0.1) is 11.8 Å². The van der Waals surface area contributed by atoms with Gasteiger partial charge in [0.1, 0.15) is 55.4 Å². The van der Waals surface area contributed by atoms with Crippen LogP contribution in [0.15, 0.2) is 65.2 Å². The smallest absolute Gasteiger partial charge is 0.337 e. The highest BCUT2D eigenvalue weighted by molar-refractivity contribution is 5.91. The molecule has 14 atom stereocenters. The maximum Gasteiger partial charge on any atom is 0.337 e. The molecule has 2 saturated heterocycles. The summed E-state index contributed by atoms with van der Waals surface area (Å²) in [6.45, 7) is -3.26. The third-order valence-corrected chi connectivity index (χ3v) is 11.1. The Morgan fingerprint density at radius 3 is 1.55 bits per heavy atom. The van der Waals surface area contributed by atoms with Crippen LogP contribution in [-0.4, -0.2) is 201 Å². The molecule has 1 aromatic carbocycles. The van der Waals surface area contributed by atoms with Gasteiger partial charge in [0.2, 0.25) is 12.6 Å². The van der Waals surface area contributed by atoms with Crippen LogP contribution in [0.4, 0.5) is 0 Å². The normalized spacial score (nSPS) is 33.1. The number of methoxy groups -OCH3 is 2. The first-order chi connectivity index (χ1) is 32.0. The average Bonchev–Trinajstić information content (AvgIpc) is 3.31.